The Balaban J connectivity index is 1.41. The van der Waals surface area contributed by atoms with Crippen LogP contribution in [0.2, 0.25) is 0 Å². The fourth-order valence-electron chi connectivity index (χ4n) is 4.93. The molecule has 0 spiro atoms. The van der Waals surface area contributed by atoms with Crippen molar-refractivity contribution in [2.45, 2.75) is 44.6 Å². The molecule has 2 fully saturated rings. The first-order valence-corrected chi connectivity index (χ1v) is 13.5. The van der Waals surface area contributed by atoms with Crippen molar-refractivity contribution in [2.75, 3.05) is 25.0 Å². The molecule has 4 amide bonds. The van der Waals surface area contributed by atoms with Crippen LogP contribution in [-0.4, -0.2) is 55.1 Å². The van der Waals surface area contributed by atoms with E-state index in [9.17, 15) is 22.8 Å². The minimum absolute atomic E-state index is 0.157. The molecular formula is C26H32N4O5S. The molecule has 2 aromatic rings. The number of hydrogen-bond acceptors (Lipinski definition) is 5. The van der Waals surface area contributed by atoms with Crippen LogP contribution in [0.1, 0.15) is 38.3 Å². The third-order valence-corrected chi connectivity index (χ3v) is 8.66. The fourth-order valence-corrected chi connectivity index (χ4v) is 6.61. The highest BCUT2D eigenvalue weighted by atomic mass is 32.2. The number of benzene rings is 2. The van der Waals surface area contributed by atoms with Gasteiger partial charge in [0.1, 0.15) is 12.1 Å². The van der Waals surface area contributed by atoms with E-state index < -0.39 is 40.0 Å². The standard InChI is InChI=1S/C26H32N4O5S/c1-17-5-7-20(8-6-17)26(4)24(32)30(25(33)28-26)16-23(31)27-21-9-11-22(12-10-21)36(34,35)29-14-18(2)13-19(3)15-29/h5-12,18-19H,13-16H2,1-4H3,(H,27,31)(H,28,33)/t18-,19-,26+/m1/s1. The van der Waals surface area contributed by atoms with Crippen molar-refractivity contribution >= 4 is 33.6 Å². The number of urea groups is 1. The molecule has 192 valence electrons. The van der Waals surface area contributed by atoms with Gasteiger partial charge in [0.25, 0.3) is 5.91 Å². The normalized spacial score (nSPS) is 25.1. The number of rotatable bonds is 6. The average Bonchev–Trinajstić information content (AvgIpc) is 3.03. The molecule has 2 N–H and O–H groups in total. The van der Waals surface area contributed by atoms with Gasteiger partial charge in [0.05, 0.1) is 4.90 Å². The Kier molecular flexibility index (Phi) is 6.94. The molecular weight excluding hydrogens is 480 g/mol. The summed E-state index contributed by atoms with van der Waals surface area (Å²) in [5.74, 6) is -0.500. The van der Waals surface area contributed by atoms with Gasteiger partial charge >= 0.3 is 6.03 Å². The Labute approximate surface area is 211 Å². The number of nitrogens with zero attached hydrogens (tertiary/aromatic N) is 2. The number of imide groups is 1. The van der Waals surface area contributed by atoms with E-state index in [2.05, 4.69) is 10.6 Å². The quantitative estimate of drug-likeness (QED) is 0.577. The van der Waals surface area contributed by atoms with Crippen LogP contribution in [0.25, 0.3) is 0 Å². The first kappa shape index (κ1) is 25.8. The maximum absolute atomic E-state index is 13.1. The highest BCUT2D eigenvalue weighted by Gasteiger charge is 2.49. The van der Waals surface area contributed by atoms with Gasteiger partial charge in [0, 0.05) is 18.8 Å². The van der Waals surface area contributed by atoms with Crippen LogP contribution in [0.4, 0.5) is 10.5 Å². The van der Waals surface area contributed by atoms with Crippen LogP contribution in [0.5, 0.6) is 0 Å². The van der Waals surface area contributed by atoms with Crippen molar-refractivity contribution in [1.29, 1.82) is 0 Å². The number of carbonyl (C=O) groups excluding carboxylic acids is 3. The highest BCUT2D eigenvalue weighted by Crippen LogP contribution is 2.29. The molecule has 0 bridgehead atoms. The molecule has 3 atom stereocenters. The molecule has 0 saturated carbocycles. The number of nitrogens with one attached hydrogen (secondary N) is 2. The van der Waals surface area contributed by atoms with E-state index in [1.54, 1.807) is 19.1 Å². The van der Waals surface area contributed by atoms with E-state index in [0.717, 1.165) is 16.9 Å². The van der Waals surface area contributed by atoms with Gasteiger partial charge in [-0.05, 0) is 61.9 Å². The Morgan fingerprint density at radius 2 is 1.61 bits per heavy atom. The second kappa shape index (κ2) is 9.67. The number of anilines is 1. The molecule has 2 aliphatic rings. The smallest absolute Gasteiger partial charge is 0.325 e. The zero-order chi connectivity index (χ0) is 26.3. The summed E-state index contributed by atoms with van der Waals surface area (Å²) < 4.78 is 27.6. The van der Waals surface area contributed by atoms with E-state index in [1.165, 1.54) is 28.6 Å². The third-order valence-electron chi connectivity index (χ3n) is 6.82. The van der Waals surface area contributed by atoms with Crippen LogP contribution in [0, 0.1) is 18.8 Å². The Morgan fingerprint density at radius 1 is 1.03 bits per heavy atom. The van der Waals surface area contributed by atoms with Crippen LogP contribution < -0.4 is 10.6 Å². The SMILES string of the molecule is Cc1ccc([C@]2(C)NC(=O)N(CC(=O)Nc3ccc(S(=O)(=O)N4C[C@H](C)C[C@@H](C)C4)cc3)C2=O)cc1. The van der Waals surface area contributed by atoms with Gasteiger partial charge in [0.15, 0.2) is 0 Å². The molecule has 10 heteroatoms. The topological polar surface area (TPSA) is 116 Å². The lowest BCUT2D eigenvalue weighted by molar-refractivity contribution is -0.133. The summed E-state index contributed by atoms with van der Waals surface area (Å²) in [5, 5.41) is 5.32. The number of piperidine rings is 1. The predicted molar refractivity (Wildman–Crippen MR) is 136 cm³/mol. The number of sulfonamides is 1. The van der Waals surface area contributed by atoms with Gasteiger partial charge in [-0.2, -0.15) is 4.31 Å². The Bertz CT molecular complexity index is 1270. The second-order valence-electron chi connectivity index (χ2n) is 10.2. The lowest BCUT2D eigenvalue weighted by Gasteiger charge is -2.34. The monoisotopic (exact) mass is 512 g/mol. The van der Waals surface area contributed by atoms with E-state index in [0.29, 0.717) is 36.2 Å². The van der Waals surface area contributed by atoms with Crippen LogP contribution in [0.15, 0.2) is 53.4 Å². The van der Waals surface area contributed by atoms with E-state index in [-0.39, 0.29) is 4.90 Å². The van der Waals surface area contributed by atoms with Gasteiger partial charge in [-0.3, -0.25) is 14.5 Å². The third kappa shape index (κ3) is 5.01. The molecule has 0 radical (unpaired) electrons. The zero-order valence-corrected chi connectivity index (χ0v) is 21.8. The molecule has 2 heterocycles. The van der Waals surface area contributed by atoms with Crippen LogP contribution in [-0.2, 0) is 25.2 Å². The summed E-state index contributed by atoms with van der Waals surface area (Å²) in [4.78, 5) is 39.3. The molecule has 0 unspecified atom stereocenters. The summed E-state index contributed by atoms with van der Waals surface area (Å²) in [7, 11) is -3.63. The van der Waals surface area contributed by atoms with Crippen molar-refractivity contribution in [3.05, 3.63) is 59.7 Å². The number of amides is 4. The van der Waals surface area contributed by atoms with Gasteiger partial charge in [-0.15, -0.1) is 0 Å². The first-order valence-electron chi connectivity index (χ1n) is 12.0. The molecule has 0 aliphatic carbocycles. The van der Waals surface area contributed by atoms with Crippen molar-refractivity contribution in [3.63, 3.8) is 0 Å². The maximum atomic E-state index is 13.1. The summed E-state index contributed by atoms with van der Waals surface area (Å²) >= 11 is 0. The largest absolute Gasteiger partial charge is 0.325 e. The Hall–Kier alpha value is -3.24. The van der Waals surface area contributed by atoms with Crippen molar-refractivity contribution < 1.29 is 22.8 Å². The van der Waals surface area contributed by atoms with Crippen molar-refractivity contribution in [1.82, 2.24) is 14.5 Å². The van der Waals surface area contributed by atoms with Gasteiger partial charge in [-0.1, -0.05) is 43.7 Å². The molecule has 2 aliphatic heterocycles. The minimum Gasteiger partial charge on any atom is -0.325 e. The van der Waals surface area contributed by atoms with Gasteiger partial charge in [-0.25, -0.2) is 13.2 Å². The molecule has 2 aromatic carbocycles. The average molecular weight is 513 g/mol. The molecule has 4 rings (SSSR count). The Morgan fingerprint density at radius 3 is 2.19 bits per heavy atom. The maximum Gasteiger partial charge on any atom is 0.325 e. The molecule has 36 heavy (non-hydrogen) atoms. The van der Waals surface area contributed by atoms with Gasteiger partial charge in [0.2, 0.25) is 15.9 Å². The van der Waals surface area contributed by atoms with Crippen molar-refractivity contribution in [2.24, 2.45) is 11.8 Å². The number of aryl methyl sites for hydroxylation is 1. The number of hydrogen-bond donors (Lipinski definition) is 2. The second-order valence-corrected chi connectivity index (χ2v) is 12.1. The lowest BCUT2D eigenvalue weighted by atomic mass is 9.91. The van der Waals surface area contributed by atoms with Crippen molar-refractivity contribution in [3.8, 4) is 0 Å². The summed E-state index contributed by atoms with van der Waals surface area (Å²) in [6.07, 6.45) is 0.999. The molecule has 9 nitrogen and oxygen atoms in total. The summed E-state index contributed by atoms with van der Waals surface area (Å²) in [5.41, 5.74) is 0.760. The first-order chi connectivity index (χ1) is 16.9. The van der Waals surface area contributed by atoms with E-state index in [1.807, 2.05) is 32.9 Å². The number of carbonyl (C=O) groups is 3. The predicted octanol–water partition coefficient (Wildman–Crippen LogP) is 3.07. The van der Waals surface area contributed by atoms with Crippen LogP contribution >= 0.6 is 0 Å². The summed E-state index contributed by atoms with van der Waals surface area (Å²) in [6, 6.07) is 12.5. The zero-order valence-electron chi connectivity index (χ0n) is 20.9. The minimum atomic E-state index is -3.63. The van der Waals surface area contributed by atoms with E-state index in [4.69, 9.17) is 0 Å². The van der Waals surface area contributed by atoms with Crippen LogP contribution in [0.3, 0.4) is 0 Å². The lowest BCUT2D eigenvalue weighted by Crippen LogP contribution is -2.42. The van der Waals surface area contributed by atoms with E-state index >= 15 is 0 Å². The molecule has 0 aromatic heterocycles. The molecule has 2 saturated heterocycles. The summed E-state index contributed by atoms with van der Waals surface area (Å²) in [6.45, 7) is 8.14. The van der Waals surface area contributed by atoms with Gasteiger partial charge < -0.3 is 10.6 Å². The fraction of sp³-hybridized carbons (Fsp3) is 0.423. The highest BCUT2D eigenvalue weighted by molar-refractivity contribution is 7.89.